The van der Waals surface area contributed by atoms with Crippen molar-refractivity contribution in [2.75, 3.05) is 46.0 Å². The summed E-state index contributed by atoms with van der Waals surface area (Å²) in [7, 11) is 2.81. The van der Waals surface area contributed by atoms with Gasteiger partial charge in [-0.3, -0.25) is 4.79 Å². The molecule has 0 bridgehead atoms. The molecule has 1 heterocycles. The number of ether oxygens (including phenoxy) is 4. The molecule has 10 nitrogen and oxygen atoms in total. The molecule has 1 aromatic heterocycles. The van der Waals surface area contributed by atoms with Crippen LogP contribution < -0.4 is 15.6 Å². The van der Waals surface area contributed by atoms with Gasteiger partial charge in [0.05, 0.1) is 58.0 Å². The third kappa shape index (κ3) is 8.23. The van der Waals surface area contributed by atoms with Crippen LogP contribution in [0, 0.1) is 0 Å². The average Bonchev–Trinajstić information content (AvgIpc) is 2.80. The summed E-state index contributed by atoms with van der Waals surface area (Å²) in [5, 5.41) is 16.1. The van der Waals surface area contributed by atoms with Crippen LogP contribution in [0.5, 0.6) is 5.75 Å². The van der Waals surface area contributed by atoms with Gasteiger partial charge in [-0.1, -0.05) is 12.1 Å². The molecule has 0 saturated heterocycles. The Morgan fingerprint density at radius 2 is 1.86 bits per heavy atom. The van der Waals surface area contributed by atoms with Gasteiger partial charge >= 0.3 is 12.1 Å². The number of aliphatic hydroxyl groups excluding tert-OH is 1. The normalized spacial score (nSPS) is 13.2. The number of benzene rings is 1. The zero-order valence-electron chi connectivity index (χ0n) is 19.5. The molecular weight excluding hydrogens is 475 g/mol. The number of anilines is 1. The minimum atomic E-state index is -4.97. The van der Waals surface area contributed by atoms with E-state index in [0.717, 1.165) is 6.20 Å². The number of nitrogens with zero attached hydrogens (tertiary/aromatic N) is 2. The number of halogens is 3. The van der Waals surface area contributed by atoms with E-state index in [1.54, 1.807) is 31.2 Å². The van der Waals surface area contributed by atoms with Crippen molar-refractivity contribution in [3.05, 3.63) is 51.9 Å². The maximum Gasteiger partial charge on any atom is 0.423 e. The summed E-state index contributed by atoms with van der Waals surface area (Å²) in [5.74, 6) is -0.321. The van der Waals surface area contributed by atoms with E-state index in [-0.39, 0.29) is 26.4 Å². The van der Waals surface area contributed by atoms with Crippen molar-refractivity contribution in [3.8, 4) is 5.75 Å². The summed E-state index contributed by atoms with van der Waals surface area (Å²) in [6.45, 7) is 0.692. The highest BCUT2D eigenvalue weighted by Crippen LogP contribution is 2.32. The number of methoxy groups -OCH3 is 2. The van der Waals surface area contributed by atoms with Crippen LogP contribution in [0.2, 0.25) is 0 Å². The number of alkyl halides is 3. The lowest BCUT2D eigenvalue weighted by atomic mass is 10.2. The molecule has 35 heavy (non-hydrogen) atoms. The summed E-state index contributed by atoms with van der Waals surface area (Å²) in [6, 6.07) is 5.62. The molecule has 2 rings (SSSR count). The lowest BCUT2D eigenvalue weighted by Gasteiger charge is -2.22. The molecule has 13 heteroatoms. The maximum atomic E-state index is 13.8. The fraction of sp³-hybridized carbons (Fsp3) is 0.500. The Morgan fingerprint density at radius 3 is 2.43 bits per heavy atom. The van der Waals surface area contributed by atoms with E-state index in [4.69, 9.17) is 14.2 Å². The van der Waals surface area contributed by atoms with E-state index in [0.29, 0.717) is 16.0 Å². The van der Waals surface area contributed by atoms with Gasteiger partial charge in [-0.05, 0) is 24.6 Å². The summed E-state index contributed by atoms with van der Waals surface area (Å²) in [6.07, 6.45) is -5.61. The minimum absolute atomic E-state index is 0.0704. The molecule has 194 valence electrons. The van der Waals surface area contributed by atoms with Crippen molar-refractivity contribution < 1.29 is 42.0 Å². The monoisotopic (exact) mass is 503 g/mol. The molecule has 2 unspecified atom stereocenters. The number of rotatable bonds is 13. The van der Waals surface area contributed by atoms with E-state index in [1.165, 1.54) is 14.2 Å². The lowest BCUT2D eigenvalue weighted by molar-refractivity contribution is -0.156. The Balaban J connectivity index is 2.21. The molecule has 2 N–H and O–H groups in total. The predicted molar refractivity (Wildman–Crippen MR) is 118 cm³/mol. The van der Waals surface area contributed by atoms with Crippen molar-refractivity contribution in [3.63, 3.8) is 0 Å². The van der Waals surface area contributed by atoms with Gasteiger partial charge in [0.1, 0.15) is 11.3 Å². The van der Waals surface area contributed by atoms with E-state index in [1.807, 2.05) is 0 Å². The zero-order valence-corrected chi connectivity index (χ0v) is 19.5. The number of carbonyl (C=O) groups excluding carboxylic acids is 1. The van der Waals surface area contributed by atoms with Crippen molar-refractivity contribution in [1.82, 2.24) is 9.78 Å². The molecule has 0 spiro atoms. The quantitative estimate of drug-likeness (QED) is 0.393. The van der Waals surface area contributed by atoms with Gasteiger partial charge in [-0.15, -0.1) is 0 Å². The molecule has 0 amide bonds. The van der Waals surface area contributed by atoms with Crippen LogP contribution in [-0.2, 0) is 31.7 Å². The van der Waals surface area contributed by atoms with Gasteiger partial charge in [0.15, 0.2) is 6.10 Å². The predicted octanol–water partition coefficient (Wildman–Crippen LogP) is 1.69. The van der Waals surface area contributed by atoms with Crippen LogP contribution in [-0.4, -0.2) is 73.6 Å². The Labute approximate surface area is 199 Å². The fourth-order valence-electron chi connectivity index (χ4n) is 3.07. The van der Waals surface area contributed by atoms with Crippen molar-refractivity contribution >= 4 is 11.7 Å². The Bertz CT molecular complexity index is 1010. The highest BCUT2D eigenvalue weighted by molar-refractivity contribution is 5.74. The van der Waals surface area contributed by atoms with Gasteiger partial charge in [0.2, 0.25) is 0 Å². The number of aliphatic hydroxyl groups is 1. The number of carbonyl (C=O) groups is 1. The van der Waals surface area contributed by atoms with E-state index >= 15 is 0 Å². The fourth-order valence-corrected chi connectivity index (χ4v) is 3.07. The summed E-state index contributed by atoms with van der Waals surface area (Å²) in [5.41, 5.74) is -2.74. The SMILES string of the molecule is CCOC(=O)C(O)COCC(COC)Nc1cnn(Cc2ccc(OC)cc2)c(=O)c1C(F)(F)F. The summed E-state index contributed by atoms with van der Waals surface area (Å²) < 4.78 is 62.2. The van der Waals surface area contributed by atoms with Crippen LogP contribution in [0.25, 0.3) is 0 Å². The topological polar surface area (TPSA) is 121 Å². The van der Waals surface area contributed by atoms with Gasteiger partial charge < -0.3 is 29.4 Å². The Kier molecular flexibility index (Phi) is 10.5. The number of hydrogen-bond donors (Lipinski definition) is 2. The molecule has 1 aromatic carbocycles. The van der Waals surface area contributed by atoms with Crippen molar-refractivity contribution in [2.24, 2.45) is 0 Å². The summed E-state index contributed by atoms with van der Waals surface area (Å²) >= 11 is 0. The van der Waals surface area contributed by atoms with Crippen LogP contribution in [0.15, 0.2) is 35.3 Å². The molecular formula is C22H28F3N3O7. The van der Waals surface area contributed by atoms with Crippen LogP contribution in [0.3, 0.4) is 0 Å². The number of hydrogen-bond acceptors (Lipinski definition) is 9. The van der Waals surface area contributed by atoms with E-state index in [2.05, 4.69) is 15.2 Å². The largest absolute Gasteiger partial charge is 0.497 e. The van der Waals surface area contributed by atoms with Gasteiger partial charge in [-0.2, -0.15) is 18.3 Å². The number of esters is 1. The van der Waals surface area contributed by atoms with Crippen LogP contribution in [0.4, 0.5) is 18.9 Å². The standard InChI is InChI=1S/C22H28F3N3O7/c1-4-35-21(31)18(29)13-34-12-15(11-32-2)27-17-9-26-28(20(30)19(17)22(23,24)25)10-14-5-7-16(33-3)8-6-14/h5-9,15,18,27,29H,4,10-13H2,1-3H3. The second-order valence-corrected chi connectivity index (χ2v) is 7.34. The first-order valence-electron chi connectivity index (χ1n) is 10.6. The summed E-state index contributed by atoms with van der Waals surface area (Å²) in [4.78, 5) is 24.2. The minimum Gasteiger partial charge on any atom is -0.497 e. The van der Waals surface area contributed by atoms with Crippen molar-refractivity contribution in [1.29, 1.82) is 0 Å². The third-order valence-corrected chi connectivity index (χ3v) is 4.70. The first kappa shape index (κ1) is 28.1. The molecule has 0 saturated carbocycles. The van der Waals surface area contributed by atoms with Gasteiger partial charge in [0, 0.05) is 7.11 Å². The van der Waals surface area contributed by atoms with Crippen LogP contribution in [0.1, 0.15) is 18.1 Å². The second-order valence-electron chi connectivity index (χ2n) is 7.34. The molecule has 2 atom stereocenters. The number of nitrogens with one attached hydrogen (secondary N) is 1. The molecule has 0 aliphatic heterocycles. The maximum absolute atomic E-state index is 13.8. The molecule has 0 radical (unpaired) electrons. The number of aromatic nitrogens is 2. The van der Waals surface area contributed by atoms with E-state index < -0.39 is 47.7 Å². The lowest BCUT2D eigenvalue weighted by Crippen LogP contribution is -2.37. The Hall–Kier alpha value is -3.16. The molecule has 2 aromatic rings. The molecule has 0 fully saturated rings. The smallest absolute Gasteiger partial charge is 0.423 e. The molecule has 0 aliphatic carbocycles. The average molecular weight is 503 g/mol. The first-order chi connectivity index (χ1) is 16.6. The van der Waals surface area contributed by atoms with E-state index in [9.17, 15) is 27.9 Å². The van der Waals surface area contributed by atoms with Gasteiger partial charge in [-0.25, -0.2) is 9.48 Å². The second kappa shape index (κ2) is 13.1. The molecule has 0 aliphatic rings. The first-order valence-corrected chi connectivity index (χ1v) is 10.6. The highest BCUT2D eigenvalue weighted by atomic mass is 19.4. The Morgan fingerprint density at radius 1 is 1.17 bits per heavy atom. The highest BCUT2D eigenvalue weighted by Gasteiger charge is 2.38. The van der Waals surface area contributed by atoms with Gasteiger partial charge in [0.25, 0.3) is 5.56 Å². The third-order valence-electron chi connectivity index (χ3n) is 4.70. The van der Waals surface area contributed by atoms with Crippen molar-refractivity contribution in [2.45, 2.75) is 31.8 Å². The van der Waals surface area contributed by atoms with Crippen LogP contribution >= 0.6 is 0 Å². The zero-order chi connectivity index (χ0) is 26.0.